The van der Waals surface area contributed by atoms with Crippen LogP contribution < -0.4 is 16.5 Å². The minimum atomic E-state index is -0.648. The first-order chi connectivity index (χ1) is 19.2. The highest BCUT2D eigenvalue weighted by Gasteiger charge is 2.22. The molecule has 0 amide bonds. The Labute approximate surface area is 244 Å². The molecule has 0 fully saturated rings. The zero-order valence-electron chi connectivity index (χ0n) is 21.0. The van der Waals surface area contributed by atoms with Gasteiger partial charge in [0, 0.05) is 40.4 Å². The smallest absolute Gasteiger partial charge is 0.141 e. The van der Waals surface area contributed by atoms with Crippen LogP contribution in [-0.4, -0.2) is 40.2 Å². The van der Waals surface area contributed by atoms with Crippen LogP contribution in [0.25, 0.3) is 10.9 Å². The summed E-state index contributed by atoms with van der Waals surface area (Å²) in [6, 6.07) is 12.5. The third-order valence-electron chi connectivity index (χ3n) is 5.85. The first-order valence-corrected chi connectivity index (χ1v) is 12.9. The molecule has 0 saturated carbocycles. The van der Waals surface area contributed by atoms with E-state index in [1.54, 1.807) is 31.2 Å². The first-order valence-electron chi connectivity index (χ1n) is 11.8. The van der Waals surface area contributed by atoms with Crippen molar-refractivity contribution < 1.29 is 9.50 Å². The molecule has 0 aliphatic carbocycles. The molecule has 2 aromatic heterocycles. The SMILES string of the molecule is Cc1nc(Cl)ccc1[C@H](Nc1cc(Cl)c2ncc(C#N)c(Nc3ccc(F)c(Cl)c3)c2c1)C(C=NCCO)=NN. The predicted octanol–water partition coefficient (Wildman–Crippen LogP) is 6.18. The standard InChI is InChI=1S/C27H22Cl3FN8O/c1-14-18(3-5-24(30)36-14)27(23(39-33)13-34-6-7-40)38-17-8-19-25(37-16-2-4-22(31)20(28)9-16)15(11-32)12-35-26(19)21(29)10-17/h2-5,8-10,12-13,27,38,40H,6-7,33H2,1H3,(H,35,37)/t27-/m0/s1. The number of aromatic nitrogens is 2. The average Bonchev–Trinajstić information content (AvgIpc) is 2.93. The van der Waals surface area contributed by atoms with Crippen LogP contribution in [0.4, 0.5) is 21.5 Å². The second-order valence-corrected chi connectivity index (χ2v) is 9.67. The Hall–Kier alpha value is -4.01. The molecule has 5 N–H and O–H groups in total. The number of nitrogens with two attached hydrogens (primary N) is 1. The van der Waals surface area contributed by atoms with Crippen LogP contribution in [0.3, 0.4) is 0 Å². The van der Waals surface area contributed by atoms with Crippen LogP contribution in [0.15, 0.2) is 58.8 Å². The Balaban J connectivity index is 1.85. The number of hydrogen-bond donors (Lipinski definition) is 4. The quantitative estimate of drug-likeness (QED) is 0.0777. The van der Waals surface area contributed by atoms with Gasteiger partial charge in [-0.25, -0.2) is 9.37 Å². The van der Waals surface area contributed by atoms with E-state index in [0.29, 0.717) is 55.1 Å². The molecule has 204 valence electrons. The summed E-state index contributed by atoms with van der Waals surface area (Å²) in [5.41, 5.74) is 3.74. The summed E-state index contributed by atoms with van der Waals surface area (Å²) < 4.78 is 13.7. The number of benzene rings is 2. The molecule has 0 aliphatic heterocycles. The Kier molecular flexibility index (Phi) is 9.34. The summed E-state index contributed by atoms with van der Waals surface area (Å²) in [5.74, 6) is 5.18. The summed E-state index contributed by atoms with van der Waals surface area (Å²) >= 11 is 18.7. The van der Waals surface area contributed by atoms with Gasteiger partial charge in [-0.15, -0.1) is 0 Å². The number of aliphatic imine (C=N–C) groups is 1. The number of nitrogens with one attached hydrogen (secondary N) is 2. The van der Waals surface area contributed by atoms with Crippen molar-refractivity contribution in [3.63, 3.8) is 0 Å². The number of hydrogen-bond acceptors (Lipinski definition) is 9. The van der Waals surface area contributed by atoms with Crippen LogP contribution in [0, 0.1) is 24.1 Å². The van der Waals surface area contributed by atoms with Gasteiger partial charge in [-0.1, -0.05) is 40.9 Å². The lowest BCUT2D eigenvalue weighted by molar-refractivity contribution is 0.307. The molecule has 0 saturated heterocycles. The fourth-order valence-electron chi connectivity index (χ4n) is 4.00. The van der Waals surface area contributed by atoms with Gasteiger partial charge in [-0.05, 0) is 43.3 Å². The van der Waals surface area contributed by atoms with E-state index >= 15 is 0 Å². The lowest BCUT2D eigenvalue weighted by atomic mass is 10.00. The van der Waals surface area contributed by atoms with E-state index in [9.17, 15) is 9.65 Å². The maximum absolute atomic E-state index is 13.7. The molecular formula is C27H22Cl3FN8O. The molecule has 1 atom stereocenters. The van der Waals surface area contributed by atoms with Crippen molar-refractivity contribution in [1.29, 1.82) is 5.26 Å². The largest absolute Gasteiger partial charge is 0.394 e. The Morgan fingerprint density at radius 2 is 1.95 bits per heavy atom. The number of rotatable bonds is 9. The van der Waals surface area contributed by atoms with E-state index < -0.39 is 11.9 Å². The second-order valence-electron chi connectivity index (χ2n) is 8.47. The Morgan fingerprint density at radius 3 is 2.62 bits per heavy atom. The van der Waals surface area contributed by atoms with Crippen molar-refractivity contribution in [1.82, 2.24) is 9.97 Å². The van der Waals surface area contributed by atoms with Gasteiger partial charge in [0.2, 0.25) is 0 Å². The van der Waals surface area contributed by atoms with Gasteiger partial charge < -0.3 is 21.6 Å². The third-order valence-corrected chi connectivity index (χ3v) is 6.63. The molecule has 2 aromatic carbocycles. The first kappa shape index (κ1) is 29.0. The molecule has 9 nitrogen and oxygen atoms in total. The number of nitrogens with zero attached hydrogens (tertiary/aromatic N) is 5. The van der Waals surface area contributed by atoms with Crippen LogP contribution in [0.2, 0.25) is 15.2 Å². The van der Waals surface area contributed by atoms with Crippen LogP contribution >= 0.6 is 34.8 Å². The fraction of sp³-hybridized carbons (Fsp3) is 0.148. The molecule has 13 heteroatoms. The Morgan fingerprint density at radius 1 is 1.18 bits per heavy atom. The highest BCUT2D eigenvalue weighted by atomic mass is 35.5. The fourth-order valence-corrected chi connectivity index (χ4v) is 4.64. The molecule has 0 spiro atoms. The predicted molar refractivity (Wildman–Crippen MR) is 159 cm³/mol. The molecular weight excluding hydrogens is 578 g/mol. The Bertz CT molecular complexity index is 1670. The molecule has 4 rings (SSSR count). The van der Waals surface area contributed by atoms with E-state index in [4.69, 9.17) is 45.8 Å². The maximum Gasteiger partial charge on any atom is 0.141 e. The summed E-state index contributed by atoms with van der Waals surface area (Å²) in [6.07, 6.45) is 2.86. The van der Waals surface area contributed by atoms with Crippen LogP contribution in [0.1, 0.15) is 22.9 Å². The molecule has 0 bridgehead atoms. The van der Waals surface area contributed by atoms with Crippen molar-refractivity contribution in [2.75, 3.05) is 23.8 Å². The van der Waals surface area contributed by atoms with Gasteiger partial charge >= 0.3 is 0 Å². The molecule has 2 heterocycles. The molecule has 0 aliphatic rings. The van der Waals surface area contributed by atoms with Crippen molar-refractivity contribution in [2.24, 2.45) is 15.9 Å². The van der Waals surface area contributed by atoms with Crippen molar-refractivity contribution in [3.05, 3.63) is 86.5 Å². The zero-order valence-corrected chi connectivity index (χ0v) is 23.2. The summed E-state index contributed by atoms with van der Waals surface area (Å²) in [5, 5.41) is 30.4. The maximum atomic E-state index is 13.7. The van der Waals surface area contributed by atoms with Gasteiger partial charge in [-0.2, -0.15) is 10.4 Å². The molecule has 0 unspecified atom stereocenters. The van der Waals surface area contributed by atoms with Gasteiger partial charge in [0.25, 0.3) is 0 Å². The number of pyridine rings is 2. The highest BCUT2D eigenvalue weighted by molar-refractivity contribution is 6.36. The number of anilines is 3. The zero-order chi connectivity index (χ0) is 28.8. The van der Waals surface area contributed by atoms with Crippen molar-refractivity contribution in [2.45, 2.75) is 13.0 Å². The lowest BCUT2D eigenvalue weighted by Crippen LogP contribution is -2.25. The van der Waals surface area contributed by atoms with Crippen molar-refractivity contribution >= 4 is 74.7 Å². The summed E-state index contributed by atoms with van der Waals surface area (Å²) in [4.78, 5) is 12.9. The number of aliphatic hydroxyl groups excluding tert-OH is 1. The number of halogens is 4. The molecule has 4 aromatic rings. The van der Waals surface area contributed by atoms with Crippen LogP contribution in [0.5, 0.6) is 0 Å². The van der Waals surface area contributed by atoms with Gasteiger partial charge in [0.15, 0.2) is 0 Å². The topological polar surface area (TPSA) is 145 Å². The third kappa shape index (κ3) is 6.41. The number of fused-ring (bicyclic) bond motifs is 1. The lowest BCUT2D eigenvalue weighted by Gasteiger charge is -2.22. The molecule has 0 radical (unpaired) electrons. The number of hydrazone groups is 1. The monoisotopic (exact) mass is 598 g/mol. The highest BCUT2D eigenvalue weighted by Crippen LogP contribution is 2.36. The van der Waals surface area contributed by atoms with Crippen LogP contribution in [-0.2, 0) is 0 Å². The van der Waals surface area contributed by atoms with Gasteiger partial charge in [0.1, 0.15) is 22.8 Å². The van der Waals surface area contributed by atoms with E-state index in [0.717, 1.165) is 0 Å². The average molecular weight is 600 g/mol. The van der Waals surface area contributed by atoms with E-state index in [1.165, 1.54) is 30.6 Å². The van der Waals surface area contributed by atoms with E-state index in [2.05, 4.69) is 36.8 Å². The second kappa shape index (κ2) is 12.9. The summed E-state index contributed by atoms with van der Waals surface area (Å²) in [7, 11) is 0. The van der Waals surface area contributed by atoms with E-state index in [-0.39, 0.29) is 23.7 Å². The normalized spacial score (nSPS) is 12.5. The number of nitriles is 1. The minimum absolute atomic E-state index is 0.0755. The van der Waals surface area contributed by atoms with Crippen molar-refractivity contribution in [3.8, 4) is 6.07 Å². The summed E-state index contributed by atoms with van der Waals surface area (Å²) in [6.45, 7) is 1.81. The molecule has 40 heavy (non-hydrogen) atoms. The van der Waals surface area contributed by atoms with Gasteiger partial charge in [-0.3, -0.25) is 9.98 Å². The minimum Gasteiger partial charge on any atom is -0.394 e. The van der Waals surface area contributed by atoms with E-state index in [1.807, 2.05) is 0 Å². The number of aryl methyl sites for hydroxylation is 1. The van der Waals surface area contributed by atoms with Gasteiger partial charge in [0.05, 0.1) is 46.0 Å². The number of aliphatic hydroxyl groups is 1.